The van der Waals surface area contributed by atoms with E-state index in [1.807, 2.05) is 27.7 Å². The van der Waals surface area contributed by atoms with Crippen LogP contribution in [0.25, 0.3) is 0 Å². The summed E-state index contributed by atoms with van der Waals surface area (Å²) in [6.45, 7) is 11.4. The quantitative estimate of drug-likeness (QED) is 0.648. The van der Waals surface area contributed by atoms with Gasteiger partial charge >= 0.3 is 6.09 Å². The fourth-order valence-corrected chi connectivity index (χ4v) is 1.43. The monoisotopic (exact) mass is 229 g/mol. The largest absolute Gasteiger partial charge is 0.444 e. The Labute approximate surface area is 100 Å². The molecule has 0 aromatic rings. The molecule has 0 aromatic carbocycles. The molecule has 0 bridgehead atoms. The molecular weight excluding hydrogens is 202 g/mol. The Bertz CT molecular complexity index is 197. The van der Waals surface area contributed by atoms with Crippen molar-refractivity contribution in [2.45, 2.75) is 65.9 Å². The number of unbranched alkanes of at least 4 members (excludes halogenated alkanes) is 3. The number of nitrogens with zero attached hydrogens (tertiary/aromatic N) is 1. The smallest absolute Gasteiger partial charge is 0.410 e. The third-order valence-electron chi connectivity index (χ3n) is 2.32. The highest BCUT2D eigenvalue weighted by molar-refractivity contribution is 5.68. The summed E-state index contributed by atoms with van der Waals surface area (Å²) in [5.74, 6) is 0. The van der Waals surface area contributed by atoms with E-state index in [1.165, 1.54) is 19.3 Å². The molecule has 0 spiro atoms. The van der Waals surface area contributed by atoms with Crippen LogP contribution in [0.15, 0.2) is 0 Å². The van der Waals surface area contributed by atoms with Crippen LogP contribution in [-0.2, 0) is 4.74 Å². The Hall–Kier alpha value is -0.730. The standard InChI is InChI=1S/C13H27NO2/c1-6-8-9-10-11-14(7-2)12(15)16-13(3,4)5/h6-11H2,1-5H3. The molecule has 0 rings (SSSR count). The van der Waals surface area contributed by atoms with E-state index in [1.54, 1.807) is 4.90 Å². The summed E-state index contributed by atoms with van der Waals surface area (Å²) in [5, 5.41) is 0. The predicted molar refractivity (Wildman–Crippen MR) is 67.6 cm³/mol. The van der Waals surface area contributed by atoms with Gasteiger partial charge in [-0.05, 0) is 34.1 Å². The SMILES string of the molecule is CCCCCCN(CC)C(=O)OC(C)(C)C. The maximum Gasteiger partial charge on any atom is 0.410 e. The van der Waals surface area contributed by atoms with Crippen LogP contribution in [0.4, 0.5) is 4.79 Å². The number of hydrogen-bond acceptors (Lipinski definition) is 2. The first-order chi connectivity index (χ1) is 7.40. The highest BCUT2D eigenvalue weighted by Gasteiger charge is 2.20. The molecule has 0 aliphatic carbocycles. The van der Waals surface area contributed by atoms with Gasteiger partial charge in [0.25, 0.3) is 0 Å². The zero-order valence-electron chi connectivity index (χ0n) is 11.5. The first-order valence-corrected chi connectivity index (χ1v) is 6.38. The molecular formula is C13H27NO2. The van der Waals surface area contributed by atoms with E-state index in [0.29, 0.717) is 0 Å². The Morgan fingerprint density at radius 1 is 1.12 bits per heavy atom. The van der Waals surface area contributed by atoms with Gasteiger partial charge in [-0.25, -0.2) is 4.79 Å². The van der Waals surface area contributed by atoms with Crippen LogP contribution in [0.1, 0.15) is 60.3 Å². The minimum atomic E-state index is -0.395. The zero-order chi connectivity index (χ0) is 12.6. The van der Waals surface area contributed by atoms with Crippen molar-refractivity contribution in [2.75, 3.05) is 13.1 Å². The second-order valence-corrected chi connectivity index (χ2v) is 5.12. The molecule has 0 radical (unpaired) electrons. The van der Waals surface area contributed by atoms with Crippen molar-refractivity contribution in [3.8, 4) is 0 Å². The number of amides is 1. The van der Waals surface area contributed by atoms with E-state index in [-0.39, 0.29) is 6.09 Å². The molecule has 3 heteroatoms. The van der Waals surface area contributed by atoms with Gasteiger partial charge in [0.2, 0.25) is 0 Å². The Morgan fingerprint density at radius 3 is 2.19 bits per heavy atom. The minimum Gasteiger partial charge on any atom is -0.444 e. The first-order valence-electron chi connectivity index (χ1n) is 6.38. The molecule has 3 nitrogen and oxygen atoms in total. The van der Waals surface area contributed by atoms with Crippen molar-refractivity contribution >= 4 is 6.09 Å². The van der Waals surface area contributed by atoms with Crippen LogP contribution >= 0.6 is 0 Å². The summed E-state index contributed by atoms with van der Waals surface area (Å²) >= 11 is 0. The number of carbonyl (C=O) groups is 1. The van der Waals surface area contributed by atoms with Crippen LogP contribution in [0.2, 0.25) is 0 Å². The molecule has 0 aliphatic heterocycles. The second kappa shape index (κ2) is 7.53. The van der Waals surface area contributed by atoms with Crippen molar-refractivity contribution in [1.82, 2.24) is 4.90 Å². The Morgan fingerprint density at radius 2 is 1.75 bits per heavy atom. The number of ether oxygens (including phenoxy) is 1. The molecule has 16 heavy (non-hydrogen) atoms. The van der Waals surface area contributed by atoms with Gasteiger partial charge < -0.3 is 9.64 Å². The number of rotatable bonds is 6. The summed E-state index contributed by atoms with van der Waals surface area (Å²) in [5.41, 5.74) is -0.395. The fourth-order valence-electron chi connectivity index (χ4n) is 1.43. The van der Waals surface area contributed by atoms with Gasteiger partial charge in [-0.3, -0.25) is 0 Å². The molecule has 0 aromatic heterocycles. The first kappa shape index (κ1) is 15.3. The van der Waals surface area contributed by atoms with Crippen molar-refractivity contribution in [1.29, 1.82) is 0 Å². The normalized spacial score (nSPS) is 11.3. The summed E-state index contributed by atoms with van der Waals surface area (Å²) in [7, 11) is 0. The lowest BCUT2D eigenvalue weighted by Crippen LogP contribution is -2.37. The summed E-state index contributed by atoms with van der Waals surface area (Å²) < 4.78 is 5.33. The van der Waals surface area contributed by atoms with Gasteiger partial charge in [0.1, 0.15) is 5.60 Å². The average molecular weight is 229 g/mol. The molecule has 0 atom stereocenters. The van der Waals surface area contributed by atoms with Crippen LogP contribution in [0, 0.1) is 0 Å². The van der Waals surface area contributed by atoms with Gasteiger partial charge in [0.15, 0.2) is 0 Å². The molecule has 0 N–H and O–H groups in total. The lowest BCUT2D eigenvalue weighted by atomic mass is 10.2. The van der Waals surface area contributed by atoms with Gasteiger partial charge in [0.05, 0.1) is 0 Å². The van der Waals surface area contributed by atoms with Crippen molar-refractivity contribution in [3.05, 3.63) is 0 Å². The molecule has 0 heterocycles. The topological polar surface area (TPSA) is 29.5 Å². The third kappa shape index (κ3) is 7.55. The fraction of sp³-hybridized carbons (Fsp3) is 0.923. The predicted octanol–water partition coefficient (Wildman–Crippen LogP) is 3.82. The Balaban J connectivity index is 3.93. The van der Waals surface area contributed by atoms with E-state index in [4.69, 9.17) is 4.74 Å². The summed E-state index contributed by atoms with van der Waals surface area (Å²) in [6, 6.07) is 0. The van der Waals surface area contributed by atoms with E-state index >= 15 is 0 Å². The van der Waals surface area contributed by atoms with Crippen molar-refractivity contribution < 1.29 is 9.53 Å². The minimum absolute atomic E-state index is 0.188. The van der Waals surface area contributed by atoms with Gasteiger partial charge in [0, 0.05) is 13.1 Å². The average Bonchev–Trinajstić information content (AvgIpc) is 2.15. The molecule has 0 saturated heterocycles. The highest BCUT2D eigenvalue weighted by atomic mass is 16.6. The van der Waals surface area contributed by atoms with E-state index in [0.717, 1.165) is 19.5 Å². The van der Waals surface area contributed by atoms with Crippen molar-refractivity contribution in [2.24, 2.45) is 0 Å². The van der Waals surface area contributed by atoms with Gasteiger partial charge in [-0.15, -0.1) is 0 Å². The Kier molecular flexibility index (Phi) is 7.18. The van der Waals surface area contributed by atoms with Crippen molar-refractivity contribution in [3.63, 3.8) is 0 Å². The zero-order valence-corrected chi connectivity index (χ0v) is 11.5. The van der Waals surface area contributed by atoms with Gasteiger partial charge in [-0.1, -0.05) is 26.2 Å². The third-order valence-corrected chi connectivity index (χ3v) is 2.32. The highest BCUT2D eigenvalue weighted by Crippen LogP contribution is 2.10. The molecule has 0 saturated carbocycles. The van der Waals surface area contributed by atoms with E-state index in [2.05, 4.69) is 6.92 Å². The molecule has 0 fully saturated rings. The number of hydrogen-bond donors (Lipinski definition) is 0. The maximum atomic E-state index is 11.8. The lowest BCUT2D eigenvalue weighted by Gasteiger charge is -2.26. The molecule has 0 aliphatic rings. The lowest BCUT2D eigenvalue weighted by molar-refractivity contribution is 0.0257. The second-order valence-electron chi connectivity index (χ2n) is 5.12. The molecule has 96 valence electrons. The van der Waals surface area contributed by atoms with E-state index in [9.17, 15) is 4.79 Å². The van der Waals surface area contributed by atoms with E-state index < -0.39 is 5.60 Å². The van der Waals surface area contributed by atoms with Crippen LogP contribution < -0.4 is 0 Å². The summed E-state index contributed by atoms with van der Waals surface area (Å²) in [6.07, 6.45) is 4.53. The van der Waals surface area contributed by atoms with Gasteiger partial charge in [-0.2, -0.15) is 0 Å². The molecule has 1 amide bonds. The van der Waals surface area contributed by atoms with Crippen LogP contribution in [-0.4, -0.2) is 29.7 Å². The summed E-state index contributed by atoms with van der Waals surface area (Å²) in [4.78, 5) is 13.5. The maximum absolute atomic E-state index is 11.8. The van der Waals surface area contributed by atoms with Crippen LogP contribution in [0.3, 0.4) is 0 Å². The van der Waals surface area contributed by atoms with Crippen LogP contribution in [0.5, 0.6) is 0 Å². The molecule has 0 unspecified atom stereocenters. The number of carbonyl (C=O) groups excluding carboxylic acids is 1.